The first-order chi connectivity index (χ1) is 5.83. The third-order valence-corrected chi connectivity index (χ3v) is 2.33. The second-order valence-corrected chi connectivity index (χ2v) is 3.77. The van der Waals surface area contributed by atoms with E-state index in [9.17, 15) is 0 Å². The number of ether oxygens (including phenoxy) is 1. The molecule has 2 N–H and O–H groups in total. The van der Waals surface area contributed by atoms with Crippen LogP contribution in [0, 0.1) is 0 Å². The maximum Gasteiger partial charge on any atom is 0.121 e. The van der Waals surface area contributed by atoms with Gasteiger partial charge in [-0.25, -0.2) is 0 Å². The monoisotopic (exact) mass is 181 g/mol. The predicted octanol–water partition coefficient (Wildman–Crippen LogP) is 0.821. The van der Waals surface area contributed by atoms with E-state index in [1.807, 2.05) is 24.3 Å². The molecule has 66 valence electrons. The van der Waals surface area contributed by atoms with E-state index in [1.54, 1.807) is 0 Å². The quantitative estimate of drug-likeness (QED) is 0.424. The Morgan fingerprint density at radius 1 is 1.42 bits per heavy atom. The smallest absolute Gasteiger partial charge is 0.121 e. The summed E-state index contributed by atoms with van der Waals surface area (Å²) < 4.78 is 5.47. The van der Waals surface area contributed by atoms with Crippen molar-refractivity contribution in [1.29, 1.82) is 0 Å². The molecule has 0 aliphatic carbocycles. The van der Waals surface area contributed by atoms with Gasteiger partial charge in [-0.1, -0.05) is 12.1 Å². The van der Waals surface area contributed by atoms with E-state index in [2.05, 4.69) is 0 Å². The van der Waals surface area contributed by atoms with Crippen LogP contribution in [-0.2, 0) is 0 Å². The van der Waals surface area contributed by atoms with Crippen LogP contribution in [0.25, 0.3) is 0 Å². The van der Waals surface area contributed by atoms with E-state index in [-0.39, 0.29) is 0 Å². The first-order valence-electron chi connectivity index (χ1n) is 4.31. The zero-order valence-corrected chi connectivity index (χ0v) is 9.42. The lowest BCUT2D eigenvalue weighted by Crippen LogP contribution is -1.97. The molecule has 2 nitrogen and oxygen atoms in total. The molecule has 12 heavy (non-hydrogen) atoms. The molecule has 1 rings (SSSR count). The van der Waals surface area contributed by atoms with Crippen molar-refractivity contribution < 1.29 is 4.74 Å². The Balaban J connectivity index is 2.41. The molecule has 0 bridgehead atoms. The van der Waals surface area contributed by atoms with E-state index >= 15 is 0 Å². The molecule has 0 amide bonds. The van der Waals surface area contributed by atoms with Gasteiger partial charge in [-0.15, -0.1) is 0 Å². The molecule has 0 radical (unpaired) electrons. The van der Waals surface area contributed by atoms with Gasteiger partial charge in [0.05, 0.1) is 6.61 Å². The third-order valence-electron chi connectivity index (χ3n) is 1.62. The lowest BCUT2D eigenvalue weighted by molar-refractivity contribution is 0.317. The number of nitrogens with two attached hydrogens (primary N) is 1. The fraction of sp³-hybridized carbons (Fsp3) is 0.333. The van der Waals surface area contributed by atoms with Gasteiger partial charge in [0.1, 0.15) is 5.75 Å². The van der Waals surface area contributed by atoms with E-state index in [4.69, 9.17) is 10.5 Å². The van der Waals surface area contributed by atoms with Crippen LogP contribution in [0.3, 0.4) is 0 Å². The fourth-order valence-corrected chi connectivity index (χ4v) is 1.23. The Morgan fingerprint density at radius 2 is 2.25 bits per heavy atom. The summed E-state index contributed by atoms with van der Waals surface area (Å²) in [6.45, 7) is 0.812. The molecule has 0 heterocycles. The normalized spacial score (nSPS) is 10.0. The number of hydrogen-bond donors (Lipinski definition) is 1. The molecule has 0 atom stereocenters. The SMILES string of the molecule is Nc1cccc(OCCC[SiH3])c1. The molecule has 1 aromatic carbocycles. The van der Waals surface area contributed by atoms with Crippen LogP contribution in [0.15, 0.2) is 24.3 Å². The minimum absolute atomic E-state index is 0.762. The number of rotatable bonds is 4. The van der Waals surface area contributed by atoms with Crippen molar-refractivity contribution in [2.45, 2.75) is 12.5 Å². The van der Waals surface area contributed by atoms with Gasteiger partial charge < -0.3 is 10.5 Å². The highest BCUT2D eigenvalue weighted by atomic mass is 28.1. The lowest BCUT2D eigenvalue weighted by Gasteiger charge is -2.04. The first-order valence-corrected chi connectivity index (χ1v) is 5.72. The Morgan fingerprint density at radius 3 is 2.92 bits per heavy atom. The average molecular weight is 181 g/mol. The Bertz CT molecular complexity index is 240. The summed E-state index contributed by atoms with van der Waals surface area (Å²) in [5.74, 6) is 0.880. The minimum Gasteiger partial charge on any atom is -0.494 e. The highest BCUT2D eigenvalue weighted by Crippen LogP contribution is 2.14. The van der Waals surface area contributed by atoms with Gasteiger partial charge in [0.2, 0.25) is 0 Å². The van der Waals surface area contributed by atoms with Crippen LogP contribution < -0.4 is 10.5 Å². The largest absolute Gasteiger partial charge is 0.494 e. The third kappa shape index (κ3) is 2.96. The Labute approximate surface area is 76.2 Å². The molecule has 1 aromatic rings. The molecule has 0 spiro atoms. The molecular formula is C9H15NOSi. The van der Waals surface area contributed by atoms with Crippen LogP contribution in [-0.4, -0.2) is 16.8 Å². The van der Waals surface area contributed by atoms with Crippen molar-refractivity contribution in [3.8, 4) is 5.75 Å². The maximum absolute atomic E-state index is 5.59. The van der Waals surface area contributed by atoms with Crippen LogP contribution in [0.5, 0.6) is 5.75 Å². The van der Waals surface area contributed by atoms with Gasteiger partial charge in [0.25, 0.3) is 0 Å². The number of nitrogen functional groups attached to an aromatic ring is 1. The summed E-state index contributed by atoms with van der Waals surface area (Å²) in [5, 5.41) is 0. The summed E-state index contributed by atoms with van der Waals surface area (Å²) in [7, 11) is 1.26. The topological polar surface area (TPSA) is 35.2 Å². The van der Waals surface area contributed by atoms with Crippen LogP contribution in [0.1, 0.15) is 6.42 Å². The summed E-state index contributed by atoms with van der Waals surface area (Å²) in [6, 6.07) is 8.85. The highest BCUT2D eigenvalue weighted by Gasteiger charge is 1.92. The van der Waals surface area contributed by atoms with E-state index in [0.29, 0.717) is 0 Å². The number of benzene rings is 1. The second-order valence-electron chi connectivity index (χ2n) is 2.77. The lowest BCUT2D eigenvalue weighted by atomic mass is 10.3. The van der Waals surface area contributed by atoms with Crippen LogP contribution in [0.4, 0.5) is 5.69 Å². The van der Waals surface area contributed by atoms with Gasteiger partial charge in [0, 0.05) is 22.0 Å². The molecule has 0 aromatic heterocycles. The van der Waals surface area contributed by atoms with Crippen LogP contribution in [0.2, 0.25) is 6.04 Å². The van der Waals surface area contributed by atoms with Crippen molar-refractivity contribution in [3.63, 3.8) is 0 Å². The van der Waals surface area contributed by atoms with Crippen LogP contribution >= 0.6 is 0 Å². The first kappa shape index (κ1) is 9.13. The van der Waals surface area contributed by atoms with Crippen molar-refractivity contribution in [1.82, 2.24) is 0 Å². The molecule has 0 fully saturated rings. The van der Waals surface area contributed by atoms with Gasteiger partial charge in [0.15, 0.2) is 0 Å². The molecule has 0 aliphatic rings. The van der Waals surface area contributed by atoms with Crippen molar-refractivity contribution in [3.05, 3.63) is 24.3 Å². The van der Waals surface area contributed by atoms with E-state index in [1.165, 1.54) is 16.3 Å². The summed E-state index contributed by atoms with van der Waals surface area (Å²) >= 11 is 0. The second kappa shape index (κ2) is 4.82. The van der Waals surface area contributed by atoms with Gasteiger partial charge in [-0.3, -0.25) is 0 Å². The van der Waals surface area contributed by atoms with Gasteiger partial charge in [-0.05, 0) is 18.6 Å². The average Bonchev–Trinajstić information content (AvgIpc) is 2.05. The van der Waals surface area contributed by atoms with Gasteiger partial charge in [-0.2, -0.15) is 0 Å². The summed E-state index contributed by atoms with van der Waals surface area (Å²) in [6.07, 6.45) is 1.15. The van der Waals surface area contributed by atoms with E-state index in [0.717, 1.165) is 24.5 Å². The fourth-order valence-electron chi connectivity index (χ4n) is 0.939. The zero-order valence-electron chi connectivity index (χ0n) is 7.42. The minimum atomic E-state index is 0.762. The van der Waals surface area contributed by atoms with Crippen molar-refractivity contribution >= 4 is 15.9 Å². The number of hydrogen-bond acceptors (Lipinski definition) is 2. The zero-order chi connectivity index (χ0) is 8.81. The van der Waals surface area contributed by atoms with E-state index < -0.39 is 0 Å². The molecule has 0 unspecified atom stereocenters. The molecule has 0 saturated carbocycles. The van der Waals surface area contributed by atoms with Crippen molar-refractivity contribution in [2.75, 3.05) is 12.3 Å². The molecule has 3 heteroatoms. The number of anilines is 1. The predicted molar refractivity (Wildman–Crippen MR) is 55.7 cm³/mol. The highest BCUT2D eigenvalue weighted by molar-refractivity contribution is 6.08. The van der Waals surface area contributed by atoms with Crippen molar-refractivity contribution in [2.24, 2.45) is 0 Å². The molecular weight excluding hydrogens is 166 g/mol. The maximum atomic E-state index is 5.59. The standard InChI is InChI=1S/C9H15NOSi/c10-8-3-1-4-9(7-8)11-5-2-6-12/h1,3-4,7H,2,5-6,10H2,12H3. The van der Waals surface area contributed by atoms with Gasteiger partial charge >= 0.3 is 0 Å². The molecule has 0 saturated heterocycles. The molecule has 0 aliphatic heterocycles. The summed E-state index contributed by atoms with van der Waals surface area (Å²) in [4.78, 5) is 0. The Kier molecular flexibility index (Phi) is 3.67. The Hall–Kier alpha value is -0.963. The summed E-state index contributed by atoms with van der Waals surface area (Å²) in [5.41, 5.74) is 6.35.